The maximum Gasteiger partial charge on any atom is 0.267 e. The second-order valence-electron chi connectivity index (χ2n) is 3.44. The van der Waals surface area contributed by atoms with E-state index >= 15 is 0 Å². The highest BCUT2D eigenvalue weighted by Gasteiger charge is 2.11. The molecular weight excluding hydrogens is 228 g/mol. The van der Waals surface area contributed by atoms with Crippen LogP contribution >= 0.6 is 11.6 Å². The highest BCUT2D eigenvalue weighted by Crippen LogP contribution is 2.25. The fourth-order valence-electron chi connectivity index (χ4n) is 1.08. The summed E-state index contributed by atoms with van der Waals surface area (Å²) in [6, 6.07) is 1.81. The maximum atomic E-state index is 11.5. The first-order valence-corrected chi connectivity index (χ1v) is 4.88. The minimum atomic E-state index is -0.477. The number of nitrogens with one attached hydrogen (secondary N) is 1. The number of aromatic nitrogens is 1. The van der Waals surface area contributed by atoms with E-state index in [9.17, 15) is 4.79 Å². The molecule has 1 aromatic heterocycles. The zero-order chi connectivity index (χ0) is 12.3. The Labute approximate surface area is 98.0 Å². The van der Waals surface area contributed by atoms with Crippen LogP contribution in [0.4, 0.5) is 5.82 Å². The van der Waals surface area contributed by atoms with Crippen LogP contribution in [-0.4, -0.2) is 30.3 Å². The summed E-state index contributed by atoms with van der Waals surface area (Å²) in [5.41, 5.74) is -0.0112. The van der Waals surface area contributed by atoms with Crippen molar-refractivity contribution < 1.29 is 0 Å². The van der Waals surface area contributed by atoms with E-state index < -0.39 is 5.56 Å². The maximum absolute atomic E-state index is 11.5. The predicted octanol–water partition coefficient (Wildman–Crippen LogP) is 1.43. The van der Waals surface area contributed by atoms with E-state index in [1.165, 1.54) is 6.34 Å². The van der Waals surface area contributed by atoms with Crippen molar-refractivity contribution in [2.45, 2.75) is 6.92 Å². The molecule has 0 saturated heterocycles. The summed E-state index contributed by atoms with van der Waals surface area (Å²) in [4.78, 5) is 19.6. The summed E-state index contributed by atoms with van der Waals surface area (Å²) in [5.74, 6) is 0.261. The molecule has 16 heavy (non-hydrogen) atoms. The molecule has 0 aliphatic rings. The van der Waals surface area contributed by atoms with Crippen LogP contribution in [0.2, 0.25) is 5.02 Å². The number of aliphatic imine (C=N–C) groups is 1. The number of rotatable bonds is 2. The van der Waals surface area contributed by atoms with Crippen molar-refractivity contribution in [3.05, 3.63) is 26.5 Å². The fourth-order valence-corrected chi connectivity index (χ4v) is 1.27. The number of nitriles is 1. The highest BCUT2D eigenvalue weighted by molar-refractivity contribution is 6.33. The first kappa shape index (κ1) is 12.3. The van der Waals surface area contributed by atoms with E-state index in [1.54, 1.807) is 32.0 Å². The molecule has 0 aromatic carbocycles. The molecule has 0 fully saturated rings. The molecule has 0 aliphatic carbocycles. The summed E-state index contributed by atoms with van der Waals surface area (Å²) in [6.07, 6.45) is 1.52. The van der Waals surface area contributed by atoms with Gasteiger partial charge in [0.05, 0.1) is 11.4 Å². The smallest absolute Gasteiger partial charge is 0.267 e. The molecule has 1 aromatic rings. The second kappa shape index (κ2) is 4.81. The summed E-state index contributed by atoms with van der Waals surface area (Å²) >= 11 is 5.98. The van der Waals surface area contributed by atoms with Gasteiger partial charge in [0.25, 0.3) is 5.56 Å². The van der Waals surface area contributed by atoms with E-state index in [0.29, 0.717) is 5.56 Å². The molecule has 0 unspecified atom stereocenters. The largest absolute Gasteiger partial charge is 0.369 e. The molecule has 1 heterocycles. The lowest BCUT2D eigenvalue weighted by molar-refractivity contribution is 0.643. The Morgan fingerprint density at radius 1 is 1.56 bits per heavy atom. The van der Waals surface area contributed by atoms with Crippen LogP contribution in [-0.2, 0) is 0 Å². The number of nitrogens with zero attached hydrogens (tertiary/aromatic N) is 3. The van der Waals surface area contributed by atoms with Crippen molar-refractivity contribution in [3.63, 3.8) is 0 Å². The monoisotopic (exact) mass is 238 g/mol. The van der Waals surface area contributed by atoms with Gasteiger partial charge in [-0.1, -0.05) is 11.6 Å². The van der Waals surface area contributed by atoms with Crippen LogP contribution in [0.25, 0.3) is 0 Å². The van der Waals surface area contributed by atoms with Crippen LogP contribution in [0.3, 0.4) is 0 Å². The molecule has 0 bridgehead atoms. The van der Waals surface area contributed by atoms with E-state index in [2.05, 4.69) is 9.98 Å². The molecular formula is C10H11ClN4O. The number of H-pyrrole nitrogens is 1. The Kier molecular flexibility index (Phi) is 3.69. The van der Waals surface area contributed by atoms with Crippen LogP contribution < -0.4 is 5.56 Å². The van der Waals surface area contributed by atoms with Crippen LogP contribution in [0.15, 0.2) is 9.79 Å². The van der Waals surface area contributed by atoms with Gasteiger partial charge in [-0.3, -0.25) is 4.79 Å². The van der Waals surface area contributed by atoms with Gasteiger partial charge in [0, 0.05) is 14.1 Å². The average molecular weight is 239 g/mol. The third kappa shape index (κ3) is 2.41. The zero-order valence-corrected chi connectivity index (χ0v) is 9.96. The van der Waals surface area contributed by atoms with E-state index in [4.69, 9.17) is 16.9 Å². The van der Waals surface area contributed by atoms with Crippen LogP contribution in [0.1, 0.15) is 11.1 Å². The lowest BCUT2D eigenvalue weighted by atomic mass is 10.2. The van der Waals surface area contributed by atoms with Gasteiger partial charge in [0.15, 0.2) is 5.82 Å². The van der Waals surface area contributed by atoms with Crippen molar-refractivity contribution >= 4 is 23.8 Å². The average Bonchev–Trinajstić information content (AvgIpc) is 2.22. The normalized spacial score (nSPS) is 10.4. The van der Waals surface area contributed by atoms with Gasteiger partial charge in [-0.05, 0) is 12.5 Å². The van der Waals surface area contributed by atoms with Gasteiger partial charge in [0.2, 0.25) is 0 Å². The highest BCUT2D eigenvalue weighted by atomic mass is 35.5. The SMILES string of the molecule is Cc1c(Cl)c(/N=C/N(C)C)[nH]c(=O)c1C#N. The Balaban J connectivity index is 3.36. The number of pyridine rings is 1. The third-order valence-electron chi connectivity index (χ3n) is 1.90. The predicted molar refractivity (Wildman–Crippen MR) is 63.4 cm³/mol. The molecule has 0 atom stereocenters. The number of hydrogen-bond acceptors (Lipinski definition) is 3. The lowest BCUT2D eigenvalue weighted by Gasteiger charge is -2.05. The molecule has 6 heteroatoms. The molecule has 1 N–H and O–H groups in total. The standard InChI is InChI=1S/C10H11ClN4O/c1-6-7(4-12)10(16)14-9(8(6)11)13-5-15(2)3/h5H,1-3H3,(H,14,16)/b13-5+. The number of halogens is 1. The molecule has 1 rings (SSSR count). The quantitative estimate of drug-likeness (QED) is 0.626. The van der Waals surface area contributed by atoms with Crippen molar-refractivity contribution in [1.29, 1.82) is 5.26 Å². The summed E-state index contributed by atoms with van der Waals surface area (Å²) in [7, 11) is 3.60. The van der Waals surface area contributed by atoms with Gasteiger partial charge in [0.1, 0.15) is 11.6 Å². The first-order chi connectivity index (χ1) is 7.47. The Hall–Kier alpha value is -1.80. The van der Waals surface area contributed by atoms with Crippen molar-refractivity contribution in [3.8, 4) is 6.07 Å². The Bertz CT molecular complexity index is 525. The molecule has 5 nitrogen and oxygen atoms in total. The Morgan fingerprint density at radius 2 is 2.19 bits per heavy atom. The van der Waals surface area contributed by atoms with Gasteiger partial charge in [-0.25, -0.2) is 4.99 Å². The fraction of sp³-hybridized carbons (Fsp3) is 0.300. The Morgan fingerprint density at radius 3 is 2.69 bits per heavy atom. The summed E-state index contributed by atoms with van der Waals surface area (Å²) in [5, 5.41) is 9.04. The molecule has 0 spiro atoms. The van der Waals surface area contributed by atoms with Gasteiger partial charge >= 0.3 is 0 Å². The van der Waals surface area contributed by atoms with E-state index in [1.807, 2.05) is 0 Å². The summed E-state index contributed by atoms with van der Waals surface area (Å²) < 4.78 is 0. The van der Waals surface area contributed by atoms with Gasteiger partial charge < -0.3 is 9.88 Å². The van der Waals surface area contributed by atoms with Crippen LogP contribution in [0.5, 0.6) is 0 Å². The van der Waals surface area contributed by atoms with Crippen molar-refractivity contribution in [1.82, 2.24) is 9.88 Å². The first-order valence-electron chi connectivity index (χ1n) is 4.50. The minimum absolute atomic E-state index is 0.0220. The van der Waals surface area contributed by atoms with Crippen LogP contribution in [0, 0.1) is 18.3 Å². The van der Waals surface area contributed by atoms with E-state index in [-0.39, 0.29) is 16.4 Å². The molecule has 0 radical (unpaired) electrons. The molecule has 0 saturated carbocycles. The topological polar surface area (TPSA) is 72.2 Å². The second-order valence-corrected chi connectivity index (χ2v) is 3.81. The van der Waals surface area contributed by atoms with E-state index in [0.717, 1.165) is 0 Å². The molecule has 0 amide bonds. The van der Waals surface area contributed by atoms with Gasteiger partial charge in [-0.15, -0.1) is 0 Å². The third-order valence-corrected chi connectivity index (χ3v) is 2.36. The summed E-state index contributed by atoms with van der Waals surface area (Å²) in [6.45, 7) is 1.62. The minimum Gasteiger partial charge on any atom is -0.369 e. The number of hydrogen-bond donors (Lipinski definition) is 1. The van der Waals surface area contributed by atoms with Crippen molar-refractivity contribution in [2.75, 3.05) is 14.1 Å². The number of aromatic amines is 1. The molecule has 84 valence electrons. The van der Waals surface area contributed by atoms with Crippen molar-refractivity contribution in [2.24, 2.45) is 4.99 Å². The molecule has 0 aliphatic heterocycles. The van der Waals surface area contributed by atoms with Gasteiger partial charge in [-0.2, -0.15) is 5.26 Å². The zero-order valence-electron chi connectivity index (χ0n) is 9.21. The lowest BCUT2D eigenvalue weighted by Crippen LogP contribution is -2.13.